The van der Waals surface area contributed by atoms with Gasteiger partial charge in [-0.15, -0.1) is 11.3 Å². The zero-order valence-corrected chi connectivity index (χ0v) is 12.8. The summed E-state index contributed by atoms with van der Waals surface area (Å²) in [5, 5.41) is 6.11. The van der Waals surface area contributed by atoms with Crippen molar-refractivity contribution in [1.29, 1.82) is 0 Å². The highest BCUT2D eigenvalue weighted by Gasteiger charge is 2.33. The molecule has 100 valence electrons. The van der Waals surface area contributed by atoms with Crippen molar-refractivity contribution in [1.82, 2.24) is 10.3 Å². The van der Waals surface area contributed by atoms with Gasteiger partial charge >= 0.3 is 0 Å². The van der Waals surface area contributed by atoms with Crippen LogP contribution in [0.2, 0.25) is 0 Å². The minimum atomic E-state index is 0.418. The predicted molar refractivity (Wildman–Crippen MR) is 83.0 cm³/mol. The number of rotatable bonds is 3. The van der Waals surface area contributed by atoms with Gasteiger partial charge in [0.15, 0.2) is 0 Å². The summed E-state index contributed by atoms with van der Waals surface area (Å²) in [6.45, 7) is 2.33. The van der Waals surface area contributed by atoms with Crippen LogP contribution in [-0.2, 0) is 0 Å². The monoisotopic (exact) mass is 290 g/mol. The van der Waals surface area contributed by atoms with Crippen molar-refractivity contribution in [3.63, 3.8) is 0 Å². The number of aromatic nitrogens is 1. The minimum absolute atomic E-state index is 0.418. The first kappa shape index (κ1) is 13.2. The van der Waals surface area contributed by atoms with E-state index in [0.29, 0.717) is 17.2 Å². The number of benzene rings is 1. The molecule has 3 atom stereocenters. The van der Waals surface area contributed by atoms with E-state index in [1.54, 1.807) is 11.3 Å². The van der Waals surface area contributed by atoms with Gasteiger partial charge in [0.25, 0.3) is 0 Å². The fraction of sp³-hybridized carbons (Fsp3) is 0.400. The maximum atomic E-state index is 4.41. The molecule has 0 saturated carbocycles. The third kappa shape index (κ3) is 2.57. The van der Waals surface area contributed by atoms with Gasteiger partial charge in [-0.3, -0.25) is 0 Å². The van der Waals surface area contributed by atoms with Crippen LogP contribution in [0.25, 0.3) is 0 Å². The number of hydrogen-bond acceptors (Lipinski definition) is 4. The van der Waals surface area contributed by atoms with E-state index in [1.165, 1.54) is 21.9 Å². The van der Waals surface area contributed by atoms with Gasteiger partial charge in [0, 0.05) is 22.9 Å². The highest BCUT2D eigenvalue weighted by atomic mass is 32.2. The molecular formula is C15H18N2S2. The Bertz CT molecular complexity index is 539. The second-order valence-electron chi connectivity index (χ2n) is 4.99. The first-order chi connectivity index (χ1) is 9.29. The van der Waals surface area contributed by atoms with Crippen LogP contribution in [0, 0.1) is 0 Å². The molecule has 3 rings (SSSR count). The van der Waals surface area contributed by atoms with Crippen molar-refractivity contribution in [2.45, 2.75) is 34.9 Å². The molecule has 1 N–H and O–H groups in total. The Morgan fingerprint density at radius 2 is 2.11 bits per heavy atom. The lowest BCUT2D eigenvalue weighted by Crippen LogP contribution is -2.33. The molecule has 3 unspecified atom stereocenters. The summed E-state index contributed by atoms with van der Waals surface area (Å²) in [6.07, 6.45) is 3.09. The Labute approximate surface area is 122 Å². The van der Waals surface area contributed by atoms with Gasteiger partial charge in [-0.25, -0.2) is 4.98 Å². The molecule has 2 aromatic rings. The molecule has 1 aliphatic carbocycles. The second kappa shape index (κ2) is 5.65. The average Bonchev–Trinajstić information content (AvgIpc) is 2.92. The summed E-state index contributed by atoms with van der Waals surface area (Å²) >= 11 is 3.65. The first-order valence-electron chi connectivity index (χ1n) is 6.62. The Balaban J connectivity index is 1.91. The largest absolute Gasteiger partial charge is 0.312 e. The Morgan fingerprint density at radius 3 is 2.79 bits per heavy atom. The van der Waals surface area contributed by atoms with Gasteiger partial charge in [0.1, 0.15) is 4.34 Å². The standard InChI is InChI=1S/C15H18N2S2/c1-10-9-13(19-15-17-7-8-18-15)14(16-2)12-6-4-3-5-11(10)12/h3-8,10,13-14,16H,9H2,1-2H3. The van der Waals surface area contributed by atoms with E-state index >= 15 is 0 Å². The van der Waals surface area contributed by atoms with Gasteiger partial charge in [-0.2, -0.15) is 0 Å². The summed E-state index contributed by atoms with van der Waals surface area (Å²) in [4.78, 5) is 4.41. The number of thioether (sulfide) groups is 1. The number of nitrogens with one attached hydrogen (secondary N) is 1. The van der Waals surface area contributed by atoms with Gasteiger partial charge in [0.05, 0.1) is 0 Å². The van der Waals surface area contributed by atoms with Crippen LogP contribution in [0.3, 0.4) is 0 Å². The number of hydrogen-bond donors (Lipinski definition) is 1. The third-order valence-electron chi connectivity index (χ3n) is 3.79. The van der Waals surface area contributed by atoms with E-state index in [4.69, 9.17) is 0 Å². The van der Waals surface area contributed by atoms with Gasteiger partial charge in [-0.05, 0) is 30.5 Å². The molecule has 2 nitrogen and oxygen atoms in total. The van der Waals surface area contributed by atoms with E-state index in [9.17, 15) is 0 Å². The molecule has 1 aromatic heterocycles. The van der Waals surface area contributed by atoms with Crippen LogP contribution in [0.4, 0.5) is 0 Å². The van der Waals surface area contributed by atoms with E-state index in [2.05, 4.69) is 53.9 Å². The quantitative estimate of drug-likeness (QED) is 0.922. The van der Waals surface area contributed by atoms with Crippen LogP contribution in [0.15, 0.2) is 40.2 Å². The summed E-state index contributed by atoms with van der Waals surface area (Å²) in [7, 11) is 2.06. The van der Waals surface area contributed by atoms with Gasteiger partial charge < -0.3 is 5.32 Å². The Hall–Kier alpha value is -0.840. The lowest BCUT2D eigenvalue weighted by Gasteiger charge is -2.36. The van der Waals surface area contributed by atoms with Crippen LogP contribution in [0.5, 0.6) is 0 Å². The average molecular weight is 290 g/mol. The maximum absolute atomic E-state index is 4.41. The molecule has 0 fully saturated rings. The predicted octanol–water partition coefficient (Wildman–Crippen LogP) is 4.07. The van der Waals surface area contributed by atoms with Crippen molar-refractivity contribution in [2.24, 2.45) is 0 Å². The molecule has 1 heterocycles. The van der Waals surface area contributed by atoms with E-state index in [-0.39, 0.29) is 0 Å². The second-order valence-corrected chi connectivity index (χ2v) is 7.37. The van der Waals surface area contributed by atoms with Crippen molar-refractivity contribution < 1.29 is 0 Å². The van der Waals surface area contributed by atoms with Crippen molar-refractivity contribution in [3.8, 4) is 0 Å². The number of thiazole rings is 1. The van der Waals surface area contributed by atoms with E-state index in [0.717, 1.165) is 0 Å². The first-order valence-corrected chi connectivity index (χ1v) is 8.37. The third-order valence-corrected chi connectivity index (χ3v) is 6.01. The molecule has 1 aliphatic rings. The molecule has 4 heteroatoms. The Kier molecular flexibility index (Phi) is 3.91. The van der Waals surface area contributed by atoms with Crippen molar-refractivity contribution in [2.75, 3.05) is 7.05 Å². The molecule has 0 bridgehead atoms. The van der Waals surface area contributed by atoms with Crippen LogP contribution < -0.4 is 5.32 Å². The highest BCUT2D eigenvalue weighted by molar-refractivity contribution is 8.01. The van der Waals surface area contributed by atoms with Crippen LogP contribution in [0.1, 0.15) is 36.4 Å². The smallest absolute Gasteiger partial charge is 0.150 e. The molecule has 0 saturated heterocycles. The van der Waals surface area contributed by atoms with Crippen LogP contribution >= 0.6 is 23.1 Å². The zero-order valence-electron chi connectivity index (χ0n) is 11.2. The molecule has 0 aliphatic heterocycles. The lowest BCUT2D eigenvalue weighted by molar-refractivity contribution is 0.473. The fourth-order valence-corrected chi connectivity index (χ4v) is 5.21. The summed E-state index contributed by atoms with van der Waals surface area (Å²) in [5.74, 6) is 0.623. The molecule has 0 amide bonds. The summed E-state index contributed by atoms with van der Waals surface area (Å²) in [5.41, 5.74) is 2.95. The lowest BCUT2D eigenvalue weighted by atomic mass is 9.81. The molecule has 0 radical (unpaired) electrons. The minimum Gasteiger partial charge on any atom is -0.312 e. The van der Waals surface area contributed by atoms with Gasteiger partial charge in [-0.1, -0.05) is 43.0 Å². The topological polar surface area (TPSA) is 24.9 Å². The summed E-state index contributed by atoms with van der Waals surface area (Å²) in [6, 6.07) is 9.25. The number of fused-ring (bicyclic) bond motifs is 1. The molecule has 0 spiro atoms. The van der Waals surface area contributed by atoms with Crippen molar-refractivity contribution >= 4 is 23.1 Å². The normalized spacial score (nSPS) is 26.1. The maximum Gasteiger partial charge on any atom is 0.150 e. The molecule has 1 aromatic carbocycles. The summed E-state index contributed by atoms with van der Waals surface area (Å²) < 4.78 is 1.18. The van der Waals surface area contributed by atoms with E-state index < -0.39 is 0 Å². The van der Waals surface area contributed by atoms with Crippen LogP contribution in [-0.4, -0.2) is 17.3 Å². The zero-order chi connectivity index (χ0) is 13.2. The van der Waals surface area contributed by atoms with E-state index in [1.807, 2.05) is 18.0 Å². The molecule has 19 heavy (non-hydrogen) atoms. The van der Waals surface area contributed by atoms with Crippen molar-refractivity contribution in [3.05, 3.63) is 47.0 Å². The Morgan fingerprint density at radius 1 is 1.32 bits per heavy atom. The SMILES string of the molecule is CNC1c2ccccc2C(C)CC1Sc1nccs1. The number of nitrogens with zero attached hydrogens (tertiary/aromatic N) is 1. The van der Waals surface area contributed by atoms with Gasteiger partial charge in [0.2, 0.25) is 0 Å². The molecular weight excluding hydrogens is 272 g/mol. The fourth-order valence-electron chi connectivity index (χ4n) is 2.91. The highest BCUT2D eigenvalue weighted by Crippen LogP contribution is 2.44.